The van der Waals surface area contributed by atoms with Crippen molar-refractivity contribution < 1.29 is 13.2 Å². The maximum Gasteiger partial charge on any atom is 0.235 e. The minimum atomic E-state index is -3.31. The van der Waals surface area contributed by atoms with Crippen molar-refractivity contribution in [2.45, 2.75) is 38.4 Å². The van der Waals surface area contributed by atoms with Gasteiger partial charge in [0.2, 0.25) is 5.91 Å². The van der Waals surface area contributed by atoms with E-state index in [4.69, 9.17) is 5.73 Å². The number of amides is 1. The molecule has 0 aromatic heterocycles. The number of nitrogens with two attached hydrogens (primary N) is 1. The second kappa shape index (κ2) is 5.21. The molecule has 0 saturated heterocycles. The maximum atomic E-state index is 11.5. The lowest BCUT2D eigenvalue weighted by Crippen LogP contribution is -2.36. The van der Waals surface area contributed by atoms with Crippen LogP contribution < -0.4 is 5.73 Å². The molecule has 0 radical (unpaired) electrons. The lowest BCUT2D eigenvalue weighted by molar-refractivity contribution is -0.117. The molecule has 2 N–H and O–H groups in total. The fourth-order valence-corrected chi connectivity index (χ4v) is 2.96. The molecule has 0 heterocycles. The van der Waals surface area contributed by atoms with Gasteiger partial charge in [-0.05, 0) is 12.8 Å². The zero-order valence-electron chi connectivity index (χ0n) is 8.12. The van der Waals surface area contributed by atoms with Crippen LogP contribution in [0.5, 0.6) is 0 Å². The molecule has 0 fully saturated rings. The Hall–Kier alpha value is -0.580. The number of carbonyl (C=O) groups excluding carboxylic acids is 1. The Bertz CT molecular complexity index is 259. The van der Waals surface area contributed by atoms with Gasteiger partial charge in [0.25, 0.3) is 0 Å². The van der Waals surface area contributed by atoms with Gasteiger partial charge in [0.15, 0.2) is 9.84 Å². The highest BCUT2D eigenvalue weighted by Gasteiger charge is 2.27. The molecule has 0 aromatic carbocycles. The lowest BCUT2D eigenvalue weighted by Gasteiger charge is -2.11. The third-order valence-corrected chi connectivity index (χ3v) is 4.19. The van der Waals surface area contributed by atoms with Gasteiger partial charge >= 0.3 is 0 Å². The number of hydrogen-bond donors (Lipinski definition) is 1. The molecule has 5 heteroatoms. The van der Waals surface area contributed by atoms with Gasteiger partial charge in [-0.3, -0.25) is 4.79 Å². The van der Waals surface area contributed by atoms with Crippen LogP contribution in [-0.2, 0) is 14.6 Å². The topological polar surface area (TPSA) is 77.2 Å². The van der Waals surface area contributed by atoms with Crippen molar-refractivity contribution in [1.82, 2.24) is 0 Å². The van der Waals surface area contributed by atoms with E-state index in [1.807, 2.05) is 6.92 Å². The fraction of sp³-hybridized carbons (Fsp3) is 0.875. The van der Waals surface area contributed by atoms with Crippen molar-refractivity contribution >= 4 is 15.7 Å². The van der Waals surface area contributed by atoms with E-state index < -0.39 is 21.0 Å². The van der Waals surface area contributed by atoms with Crippen molar-refractivity contribution in [3.63, 3.8) is 0 Å². The zero-order valence-corrected chi connectivity index (χ0v) is 8.93. The molecule has 0 aromatic rings. The smallest absolute Gasteiger partial charge is 0.235 e. The highest BCUT2D eigenvalue weighted by Crippen LogP contribution is 2.08. The van der Waals surface area contributed by atoms with Gasteiger partial charge < -0.3 is 5.73 Å². The number of carbonyl (C=O) groups is 1. The van der Waals surface area contributed by atoms with Crippen LogP contribution in [-0.4, -0.2) is 25.3 Å². The van der Waals surface area contributed by atoms with E-state index in [0.717, 1.165) is 6.42 Å². The van der Waals surface area contributed by atoms with Crippen LogP contribution in [0.1, 0.15) is 33.1 Å². The molecule has 0 saturated carbocycles. The molecule has 78 valence electrons. The predicted molar refractivity (Wildman–Crippen MR) is 52.0 cm³/mol. The summed E-state index contributed by atoms with van der Waals surface area (Å²) in [5, 5.41) is -1.00. The molecular weight excluding hydrogens is 190 g/mol. The highest BCUT2D eigenvalue weighted by atomic mass is 32.2. The van der Waals surface area contributed by atoms with Crippen LogP contribution in [0.3, 0.4) is 0 Å². The third kappa shape index (κ3) is 3.76. The largest absolute Gasteiger partial charge is 0.369 e. The van der Waals surface area contributed by atoms with Crippen LogP contribution >= 0.6 is 0 Å². The average molecular weight is 207 g/mol. The Morgan fingerprint density at radius 2 is 1.92 bits per heavy atom. The van der Waals surface area contributed by atoms with Gasteiger partial charge in [-0.2, -0.15) is 0 Å². The maximum absolute atomic E-state index is 11.5. The molecule has 13 heavy (non-hydrogen) atoms. The van der Waals surface area contributed by atoms with E-state index in [1.54, 1.807) is 6.92 Å². The molecular formula is C8H17NO3S. The Kier molecular flexibility index (Phi) is 4.98. The van der Waals surface area contributed by atoms with E-state index in [9.17, 15) is 13.2 Å². The van der Waals surface area contributed by atoms with E-state index >= 15 is 0 Å². The molecule has 0 bridgehead atoms. The summed E-state index contributed by atoms with van der Waals surface area (Å²) in [6.45, 7) is 3.56. The number of sulfone groups is 1. The van der Waals surface area contributed by atoms with Gasteiger partial charge in [-0.25, -0.2) is 8.42 Å². The first-order valence-electron chi connectivity index (χ1n) is 4.46. The average Bonchev–Trinajstić information content (AvgIpc) is 2.01. The van der Waals surface area contributed by atoms with Crippen molar-refractivity contribution in [3.05, 3.63) is 0 Å². The Morgan fingerprint density at radius 3 is 2.23 bits per heavy atom. The van der Waals surface area contributed by atoms with Crippen molar-refractivity contribution in [2.24, 2.45) is 5.73 Å². The quantitative estimate of drug-likeness (QED) is 0.687. The molecule has 0 rings (SSSR count). The van der Waals surface area contributed by atoms with Gasteiger partial charge in [0.05, 0.1) is 5.75 Å². The van der Waals surface area contributed by atoms with Crippen molar-refractivity contribution in [2.75, 3.05) is 5.75 Å². The molecule has 1 atom stereocenters. The summed E-state index contributed by atoms with van der Waals surface area (Å²) in [5.41, 5.74) is 4.99. The molecule has 0 spiro atoms. The standard InChI is InChI=1S/C8H17NO3S/c1-3-5-6-13(11,12)7(4-2)8(9)10/h7H,3-6H2,1-2H3,(H2,9,10). The minimum absolute atomic E-state index is 0.0605. The highest BCUT2D eigenvalue weighted by molar-refractivity contribution is 7.92. The van der Waals surface area contributed by atoms with Crippen LogP contribution in [0.2, 0.25) is 0 Å². The third-order valence-electron chi connectivity index (χ3n) is 1.90. The second-order valence-electron chi connectivity index (χ2n) is 3.02. The Morgan fingerprint density at radius 1 is 1.38 bits per heavy atom. The van der Waals surface area contributed by atoms with Crippen molar-refractivity contribution in [1.29, 1.82) is 0 Å². The monoisotopic (exact) mass is 207 g/mol. The minimum Gasteiger partial charge on any atom is -0.369 e. The summed E-state index contributed by atoms with van der Waals surface area (Å²) in [7, 11) is -3.31. The summed E-state index contributed by atoms with van der Waals surface area (Å²) >= 11 is 0. The van der Waals surface area contributed by atoms with Crippen LogP contribution in [0.25, 0.3) is 0 Å². The SMILES string of the molecule is CCCCS(=O)(=O)C(CC)C(N)=O. The number of rotatable bonds is 6. The summed E-state index contributed by atoms with van der Waals surface area (Å²) in [6, 6.07) is 0. The number of primary amides is 1. The van der Waals surface area contributed by atoms with E-state index in [0.29, 0.717) is 6.42 Å². The molecule has 0 aliphatic heterocycles. The molecule has 1 unspecified atom stereocenters. The first-order valence-corrected chi connectivity index (χ1v) is 6.18. The number of hydrogen-bond acceptors (Lipinski definition) is 3. The predicted octanol–water partition coefficient (Wildman–Crippen LogP) is 0.465. The van der Waals surface area contributed by atoms with Crippen LogP contribution in [0.4, 0.5) is 0 Å². The molecule has 0 aliphatic carbocycles. The fourth-order valence-electron chi connectivity index (χ4n) is 1.12. The van der Waals surface area contributed by atoms with Gasteiger partial charge in [-0.1, -0.05) is 20.3 Å². The Balaban J connectivity index is 4.49. The first kappa shape index (κ1) is 12.4. The van der Waals surface area contributed by atoms with Gasteiger partial charge in [0, 0.05) is 0 Å². The summed E-state index contributed by atoms with van der Waals surface area (Å²) in [5.74, 6) is -0.677. The second-order valence-corrected chi connectivity index (χ2v) is 5.32. The molecule has 4 nitrogen and oxygen atoms in total. The van der Waals surface area contributed by atoms with Crippen LogP contribution in [0, 0.1) is 0 Å². The van der Waals surface area contributed by atoms with Crippen LogP contribution in [0.15, 0.2) is 0 Å². The molecule has 1 amide bonds. The summed E-state index contributed by atoms with van der Waals surface area (Å²) < 4.78 is 22.9. The van der Waals surface area contributed by atoms with E-state index in [1.165, 1.54) is 0 Å². The van der Waals surface area contributed by atoms with Crippen molar-refractivity contribution in [3.8, 4) is 0 Å². The van der Waals surface area contributed by atoms with Gasteiger partial charge in [-0.15, -0.1) is 0 Å². The normalized spacial score (nSPS) is 14.0. The summed E-state index contributed by atoms with van der Waals surface area (Å²) in [4.78, 5) is 10.8. The van der Waals surface area contributed by atoms with E-state index in [2.05, 4.69) is 0 Å². The zero-order chi connectivity index (χ0) is 10.5. The van der Waals surface area contributed by atoms with E-state index in [-0.39, 0.29) is 12.2 Å². The lowest BCUT2D eigenvalue weighted by atomic mass is 10.3. The Labute approximate surface area is 79.4 Å². The first-order chi connectivity index (χ1) is 5.95. The molecule has 0 aliphatic rings. The van der Waals surface area contributed by atoms with Gasteiger partial charge in [0.1, 0.15) is 5.25 Å². The number of unbranched alkanes of at least 4 members (excludes halogenated alkanes) is 1. The summed E-state index contributed by atoms with van der Waals surface area (Å²) in [6.07, 6.45) is 1.65.